The van der Waals surface area contributed by atoms with Gasteiger partial charge in [-0.25, -0.2) is 0 Å². The Morgan fingerprint density at radius 2 is 1.60 bits per heavy atom. The van der Waals surface area contributed by atoms with E-state index in [1.165, 1.54) is 0 Å². The summed E-state index contributed by atoms with van der Waals surface area (Å²) >= 11 is 0. The number of carboxylic acids is 1. The molecular formula is C14H22N2O4. The zero-order valence-electron chi connectivity index (χ0n) is 11.6. The van der Waals surface area contributed by atoms with Gasteiger partial charge in [-0.2, -0.15) is 0 Å². The summed E-state index contributed by atoms with van der Waals surface area (Å²) in [4.78, 5) is 36.6. The lowest BCUT2D eigenvalue weighted by Gasteiger charge is -2.31. The molecule has 2 fully saturated rings. The van der Waals surface area contributed by atoms with E-state index in [2.05, 4.69) is 0 Å². The maximum atomic E-state index is 12.6. The standard InChI is InChI=1S/C14H22N2O4/c15-12(17)8-16(9-4-1-2-5-9)13(18)10-6-3-7-11(10)14(19)20/h9-11H,1-8H2,(H2,15,17)(H,19,20). The third kappa shape index (κ3) is 3.11. The highest BCUT2D eigenvalue weighted by Gasteiger charge is 2.41. The van der Waals surface area contributed by atoms with Gasteiger partial charge < -0.3 is 15.7 Å². The minimum Gasteiger partial charge on any atom is -0.481 e. The number of hydrogen-bond donors (Lipinski definition) is 2. The zero-order chi connectivity index (χ0) is 14.7. The van der Waals surface area contributed by atoms with Crippen LogP contribution >= 0.6 is 0 Å². The van der Waals surface area contributed by atoms with Crippen molar-refractivity contribution in [3.05, 3.63) is 0 Å². The van der Waals surface area contributed by atoms with E-state index in [0.717, 1.165) is 32.1 Å². The number of primary amides is 1. The van der Waals surface area contributed by atoms with E-state index in [9.17, 15) is 19.5 Å². The molecule has 2 rings (SSSR count). The number of carbonyl (C=O) groups is 3. The number of nitrogens with zero attached hydrogens (tertiary/aromatic N) is 1. The second kappa shape index (κ2) is 6.24. The summed E-state index contributed by atoms with van der Waals surface area (Å²) in [5, 5.41) is 9.20. The molecule has 2 saturated carbocycles. The van der Waals surface area contributed by atoms with E-state index in [1.807, 2.05) is 0 Å². The number of carbonyl (C=O) groups excluding carboxylic acids is 2. The maximum Gasteiger partial charge on any atom is 0.307 e. The van der Waals surface area contributed by atoms with Crippen LogP contribution in [0.2, 0.25) is 0 Å². The van der Waals surface area contributed by atoms with Crippen molar-refractivity contribution in [1.29, 1.82) is 0 Å². The van der Waals surface area contributed by atoms with E-state index >= 15 is 0 Å². The number of hydrogen-bond acceptors (Lipinski definition) is 3. The first-order chi connectivity index (χ1) is 9.50. The third-order valence-electron chi connectivity index (χ3n) is 4.53. The molecule has 6 nitrogen and oxygen atoms in total. The van der Waals surface area contributed by atoms with Gasteiger partial charge in [0.05, 0.1) is 18.4 Å². The molecule has 0 aromatic rings. The van der Waals surface area contributed by atoms with E-state index in [1.54, 1.807) is 4.90 Å². The molecule has 0 heterocycles. The highest BCUT2D eigenvalue weighted by atomic mass is 16.4. The molecule has 6 heteroatoms. The molecule has 0 aromatic carbocycles. The smallest absolute Gasteiger partial charge is 0.307 e. The van der Waals surface area contributed by atoms with Crippen LogP contribution in [0, 0.1) is 11.8 Å². The van der Waals surface area contributed by atoms with Crippen LogP contribution in [0.4, 0.5) is 0 Å². The van der Waals surface area contributed by atoms with Crippen molar-refractivity contribution >= 4 is 17.8 Å². The molecule has 0 bridgehead atoms. The SMILES string of the molecule is NC(=O)CN(C(=O)C1CCCC1C(=O)O)C1CCCC1. The second-order valence-electron chi connectivity index (χ2n) is 5.85. The molecule has 0 saturated heterocycles. The Balaban J connectivity index is 2.12. The Hall–Kier alpha value is -1.59. The van der Waals surface area contributed by atoms with Crippen LogP contribution in [0.3, 0.4) is 0 Å². The third-order valence-corrected chi connectivity index (χ3v) is 4.53. The van der Waals surface area contributed by atoms with Crippen LogP contribution in [-0.4, -0.2) is 40.4 Å². The van der Waals surface area contributed by atoms with Crippen LogP contribution < -0.4 is 5.73 Å². The van der Waals surface area contributed by atoms with E-state index in [4.69, 9.17) is 5.73 Å². The molecule has 2 aliphatic carbocycles. The predicted octanol–water partition coefficient (Wildman–Crippen LogP) is 0.744. The Bertz CT molecular complexity index is 404. The van der Waals surface area contributed by atoms with E-state index in [-0.39, 0.29) is 18.5 Å². The molecule has 0 aromatic heterocycles. The molecule has 2 atom stereocenters. The van der Waals surface area contributed by atoms with Gasteiger partial charge in [-0.3, -0.25) is 14.4 Å². The number of carboxylic acid groups (broad SMARTS) is 1. The maximum absolute atomic E-state index is 12.6. The average Bonchev–Trinajstić information content (AvgIpc) is 3.05. The minimum absolute atomic E-state index is 0.0463. The van der Waals surface area contributed by atoms with E-state index in [0.29, 0.717) is 12.8 Å². The highest BCUT2D eigenvalue weighted by molar-refractivity contribution is 5.88. The summed E-state index contributed by atoms with van der Waals surface area (Å²) in [6, 6.07) is 0.0463. The van der Waals surface area contributed by atoms with Gasteiger partial charge in [-0.05, 0) is 25.7 Å². The molecule has 3 N–H and O–H groups in total. The first kappa shape index (κ1) is 14.8. The summed E-state index contributed by atoms with van der Waals surface area (Å²) in [5.74, 6) is -2.74. The minimum atomic E-state index is -0.911. The van der Waals surface area contributed by atoms with Crippen molar-refractivity contribution < 1.29 is 19.5 Å². The fourth-order valence-corrected chi connectivity index (χ4v) is 3.53. The van der Waals surface area contributed by atoms with Crippen molar-refractivity contribution in [2.45, 2.75) is 51.0 Å². The zero-order valence-corrected chi connectivity index (χ0v) is 11.6. The first-order valence-electron chi connectivity index (χ1n) is 7.32. The van der Waals surface area contributed by atoms with Crippen molar-refractivity contribution in [1.82, 2.24) is 4.90 Å². The summed E-state index contributed by atoms with van der Waals surface area (Å²) in [6.45, 7) is -0.0909. The van der Waals surface area contributed by atoms with Crippen LogP contribution in [0.1, 0.15) is 44.9 Å². The molecule has 2 unspecified atom stereocenters. The second-order valence-corrected chi connectivity index (χ2v) is 5.85. The van der Waals surface area contributed by atoms with Gasteiger partial charge in [0.15, 0.2) is 0 Å². The van der Waals surface area contributed by atoms with Crippen LogP contribution in [-0.2, 0) is 14.4 Å². The highest BCUT2D eigenvalue weighted by Crippen LogP contribution is 2.35. The van der Waals surface area contributed by atoms with E-state index < -0.39 is 23.7 Å². The van der Waals surface area contributed by atoms with Crippen molar-refractivity contribution in [3.63, 3.8) is 0 Å². The van der Waals surface area contributed by atoms with Gasteiger partial charge in [0.1, 0.15) is 0 Å². The lowest BCUT2D eigenvalue weighted by Crippen LogP contribution is -2.48. The van der Waals surface area contributed by atoms with Crippen molar-refractivity contribution in [2.75, 3.05) is 6.54 Å². The van der Waals surface area contributed by atoms with Crippen LogP contribution in [0.15, 0.2) is 0 Å². The van der Waals surface area contributed by atoms with Crippen molar-refractivity contribution in [2.24, 2.45) is 17.6 Å². The summed E-state index contributed by atoms with van der Waals surface area (Å²) in [6.07, 6.45) is 5.73. The Kier molecular flexibility index (Phi) is 4.62. The molecule has 112 valence electrons. The number of nitrogens with two attached hydrogens (primary N) is 1. The average molecular weight is 282 g/mol. The van der Waals surface area contributed by atoms with Crippen molar-refractivity contribution in [3.8, 4) is 0 Å². The fourth-order valence-electron chi connectivity index (χ4n) is 3.53. The Morgan fingerprint density at radius 1 is 1.00 bits per heavy atom. The Morgan fingerprint density at radius 3 is 2.15 bits per heavy atom. The molecule has 2 aliphatic rings. The van der Waals surface area contributed by atoms with Crippen LogP contribution in [0.25, 0.3) is 0 Å². The first-order valence-corrected chi connectivity index (χ1v) is 7.32. The fraction of sp³-hybridized carbons (Fsp3) is 0.786. The summed E-state index contributed by atoms with van der Waals surface area (Å²) in [7, 11) is 0. The molecular weight excluding hydrogens is 260 g/mol. The largest absolute Gasteiger partial charge is 0.481 e. The van der Waals surface area contributed by atoms with Gasteiger partial charge in [0.25, 0.3) is 0 Å². The molecule has 0 radical (unpaired) electrons. The predicted molar refractivity (Wildman–Crippen MR) is 71.6 cm³/mol. The quantitative estimate of drug-likeness (QED) is 0.776. The number of amides is 2. The number of rotatable bonds is 5. The number of aliphatic carboxylic acids is 1. The topological polar surface area (TPSA) is 101 Å². The van der Waals surface area contributed by atoms with Gasteiger partial charge in [-0.15, -0.1) is 0 Å². The van der Waals surface area contributed by atoms with Gasteiger partial charge in [0.2, 0.25) is 11.8 Å². The molecule has 2 amide bonds. The lowest BCUT2D eigenvalue weighted by molar-refractivity contribution is -0.150. The molecule has 0 spiro atoms. The summed E-state index contributed by atoms with van der Waals surface area (Å²) < 4.78 is 0. The van der Waals surface area contributed by atoms with Crippen LogP contribution in [0.5, 0.6) is 0 Å². The molecule has 0 aliphatic heterocycles. The monoisotopic (exact) mass is 282 g/mol. The lowest BCUT2D eigenvalue weighted by atomic mass is 9.94. The summed E-state index contributed by atoms with van der Waals surface area (Å²) in [5.41, 5.74) is 5.24. The van der Waals surface area contributed by atoms with Gasteiger partial charge in [-0.1, -0.05) is 19.3 Å². The van der Waals surface area contributed by atoms with Gasteiger partial charge in [0, 0.05) is 6.04 Å². The Labute approximate surface area is 118 Å². The van der Waals surface area contributed by atoms with Gasteiger partial charge >= 0.3 is 5.97 Å². The molecule has 20 heavy (non-hydrogen) atoms. The normalized spacial score (nSPS) is 26.6.